The second kappa shape index (κ2) is 5.48. The van der Waals surface area contributed by atoms with Crippen LogP contribution in [-0.2, 0) is 0 Å². The number of aromatic carboxylic acids is 1. The van der Waals surface area contributed by atoms with Gasteiger partial charge in [0.15, 0.2) is 11.5 Å². The zero-order valence-corrected chi connectivity index (χ0v) is 10.8. The minimum atomic E-state index is -1.06. The molecule has 0 saturated heterocycles. The third-order valence-corrected chi connectivity index (χ3v) is 2.48. The molecule has 0 unspecified atom stereocenters. The van der Waals surface area contributed by atoms with Crippen molar-refractivity contribution in [3.8, 4) is 17.1 Å². The van der Waals surface area contributed by atoms with E-state index in [1.54, 1.807) is 13.0 Å². The molecule has 0 saturated carbocycles. The first-order valence-corrected chi connectivity index (χ1v) is 5.92. The van der Waals surface area contributed by atoms with Crippen LogP contribution in [0, 0.1) is 6.92 Å². The number of carbonyl (C=O) groups is 1. The van der Waals surface area contributed by atoms with Crippen molar-refractivity contribution in [2.45, 2.75) is 13.8 Å². The van der Waals surface area contributed by atoms with Crippen LogP contribution in [0.5, 0.6) is 5.75 Å². The standard InChI is InChI=1S/C14H14N2O3/c1-3-19-11-6-4-5-10(8-11)13-15-9(2)7-12(16-13)14(17)18/h4-8H,3H2,1-2H3,(H,17,18). The van der Waals surface area contributed by atoms with Crippen LogP contribution in [-0.4, -0.2) is 27.7 Å². The highest BCUT2D eigenvalue weighted by Gasteiger charge is 2.10. The highest BCUT2D eigenvalue weighted by Crippen LogP contribution is 2.21. The highest BCUT2D eigenvalue weighted by molar-refractivity contribution is 5.86. The molecule has 5 nitrogen and oxygen atoms in total. The molecular weight excluding hydrogens is 244 g/mol. The summed E-state index contributed by atoms with van der Waals surface area (Å²) >= 11 is 0. The van der Waals surface area contributed by atoms with Crippen LogP contribution in [0.1, 0.15) is 23.1 Å². The monoisotopic (exact) mass is 258 g/mol. The third-order valence-electron chi connectivity index (χ3n) is 2.48. The molecule has 0 aliphatic rings. The van der Waals surface area contributed by atoms with Crippen LogP contribution in [0.25, 0.3) is 11.4 Å². The summed E-state index contributed by atoms with van der Waals surface area (Å²) < 4.78 is 5.40. The molecule has 0 atom stereocenters. The third kappa shape index (κ3) is 3.07. The molecule has 0 radical (unpaired) electrons. The minimum Gasteiger partial charge on any atom is -0.494 e. The summed E-state index contributed by atoms with van der Waals surface area (Å²) in [5.41, 5.74) is 1.34. The van der Waals surface area contributed by atoms with Crippen LogP contribution in [0.15, 0.2) is 30.3 Å². The number of ether oxygens (including phenoxy) is 1. The molecule has 0 amide bonds. The van der Waals surface area contributed by atoms with Crippen LogP contribution in [0.2, 0.25) is 0 Å². The molecule has 0 spiro atoms. The maximum atomic E-state index is 11.0. The Kier molecular flexibility index (Phi) is 3.75. The number of benzene rings is 1. The summed E-state index contributed by atoms with van der Waals surface area (Å²) in [6, 6.07) is 8.72. The van der Waals surface area contributed by atoms with E-state index in [2.05, 4.69) is 9.97 Å². The number of nitrogens with zero attached hydrogens (tertiary/aromatic N) is 2. The first kappa shape index (κ1) is 13.0. The van der Waals surface area contributed by atoms with Gasteiger partial charge in [0.1, 0.15) is 5.75 Å². The van der Waals surface area contributed by atoms with Crippen LogP contribution < -0.4 is 4.74 Å². The van der Waals surface area contributed by atoms with Gasteiger partial charge in [0.25, 0.3) is 0 Å². The number of aryl methyl sites for hydroxylation is 1. The van der Waals surface area contributed by atoms with E-state index in [9.17, 15) is 4.79 Å². The van der Waals surface area contributed by atoms with E-state index in [0.717, 1.165) is 5.56 Å². The summed E-state index contributed by atoms with van der Waals surface area (Å²) in [7, 11) is 0. The van der Waals surface area contributed by atoms with Gasteiger partial charge in [-0.25, -0.2) is 14.8 Å². The normalized spacial score (nSPS) is 10.2. The highest BCUT2D eigenvalue weighted by atomic mass is 16.5. The van der Waals surface area contributed by atoms with Gasteiger partial charge in [-0.3, -0.25) is 0 Å². The molecule has 1 N–H and O–H groups in total. The second-order valence-electron chi connectivity index (χ2n) is 3.98. The lowest BCUT2D eigenvalue weighted by Gasteiger charge is -2.06. The molecule has 19 heavy (non-hydrogen) atoms. The Morgan fingerprint density at radius 2 is 2.11 bits per heavy atom. The average Bonchev–Trinajstić information content (AvgIpc) is 2.38. The van der Waals surface area contributed by atoms with Crippen molar-refractivity contribution in [3.63, 3.8) is 0 Å². The second-order valence-corrected chi connectivity index (χ2v) is 3.98. The number of carboxylic acids is 1. The van der Waals surface area contributed by atoms with Gasteiger partial charge in [0, 0.05) is 11.3 Å². The number of aromatic nitrogens is 2. The first-order valence-electron chi connectivity index (χ1n) is 5.92. The summed E-state index contributed by atoms with van der Waals surface area (Å²) in [5.74, 6) is 0.0358. The summed E-state index contributed by atoms with van der Waals surface area (Å²) in [4.78, 5) is 19.3. The van der Waals surface area contributed by atoms with Crippen molar-refractivity contribution >= 4 is 5.97 Å². The molecule has 5 heteroatoms. The summed E-state index contributed by atoms with van der Waals surface area (Å²) in [6.07, 6.45) is 0. The Bertz CT molecular complexity index is 611. The van der Waals surface area contributed by atoms with E-state index < -0.39 is 5.97 Å². The first-order chi connectivity index (χ1) is 9.10. The average molecular weight is 258 g/mol. The van der Waals surface area contributed by atoms with Crippen molar-refractivity contribution in [1.82, 2.24) is 9.97 Å². The maximum absolute atomic E-state index is 11.0. The molecule has 98 valence electrons. The lowest BCUT2D eigenvalue weighted by atomic mass is 10.2. The van der Waals surface area contributed by atoms with E-state index in [-0.39, 0.29) is 5.69 Å². The van der Waals surface area contributed by atoms with Gasteiger partial charge >= 0.3 is 5.97 Å². The lowest BCUT2D eigenvalue weighted by molar-refractivity contribution is 0.0690. The Labute approximate surface area is 110 Å². The Morgan fingerprint density at radius 1 is 1.32 bits per heavy atom. The van der Waals surface area contributed by atoms with E-state index in [1.807, 2.05) is 25.1 Å². The van der Waals surface area contributed by atoms with Crippen molar-refractivity contribution < 1.29 is 14.6 Å². The Hall–Kier alpha value is -2.43. The molecule has 1 heterocycles. The van der Waals surface area contributed by atoms with Crippen molar-refractivity contribution in [1.29, 1.82) is 0 Å². The van der Waals surface area contributed by atoms with E-state index in [0.29, 0.717) is 23.9 Å². The zero-order valence-electron chi connectivity index (χ0n) is 10.8. The van der Waals surface area contributed by atoms with Gasteiger partial charge in [-0.05, 0) is 32.0 Å². The number of carboxylic acid groups (broad SMARTS) is 1. The molecule has 0 aliphatic carbocycles. The lowest BCUT2D eigenvalue weighted by Crippen LogP contribution is -2.04. The van der Waals surface area contributed by atoms with Gasteiger partial charge in [-0.1, -0.05) is 12.1 Å². The Balaban J connectivity index is 2.46. The van der Waals surface area contributed by atoms with Crippen LogP contribution >= 0.6 is 0 Å². The fourth-order valence-electron chi connectivity index (χ4n) is 1.70. The fraction of sp³-hybridized carbons (Fsp3) is 0.214. The van der Waals surface area contributed by atoms with E-state index in [1.165, 1.54) is 6.07 Å². The molecular formula is C14H14N2O3. The predicted molar refractivity (Wildman–Crippen MR) is 70.3 cm³/mol. The molecule has 2 rings (SSSR count). The zero-order chi connectivity index (χ0) is 13.8. The topological polar surface area (TPSA) is 72.3 Å². The molecule has 1 aromatic carbocycles. The van der Waals surface area contributed by atoms with Gasteiger partial charge in [-0.2, -0.15) is 0 Å². The summed E-state index contributed by atoms with van der Waals surface area (Å²) in [6.45, 7) is 4.21. The minimum absolute atomic E-state index is 0.00990. The van der Waals surface area contributed by atoms with Crippen molar-refractivity contribution in [2.75, 3.05) is 6.61 Å². The SMILES string of the molecule is CCOc1cccc(-c2nc(C)cc(C(=O)O)n2)c1. The molecule has 0 bridgehead atoms. The molecule has 2 aromatic rings. The van der Waals surface area contributed by atoms with Crippen molar-refractivity contribution in [2.24, 2.45) is 0 Å². The smallest absolute Gasteiger partial charge is 0.354 e. The predicted octanol–water partition coefficient (Wildman–Crippen LogP) is 2.55. The van der Waals surface area contributed by atoms with Crippen molar-refractivity contribution in [3.05, 3.63) is 41.7 Å². The van der Waals surface area contributed by atoms with Gasteiger partial charge in [0.2, 0.25) is 0 Å². The van der Waals surface area contributed by atoms with Gasteiger partial charge < -0.3 is 9.84 Å². The van der Waals surface area contributed by atoms with Gasteiger partial charge in [0.05, 0.1) is 6.61 Å². The fourth-order valence-corrected chi connectivity index (χ4v) is 1.70. The van der Waals surface area contributed by atoms with Gasteiger partial charge in [-0.15, -0.1) is 0 Å². The molecule has 0 aliphatic heterocycles. The van der Waals surface area contributed by atoms with E-state index in [4.69, 9.17) is 9.84 Å². The van der Waals surface area contributed by atoms with Crippen LogP contribution in [0.3, 0.4) is 0 Å². The Morgan fingerprint density at radius 3 is 2.79 bits per heavy atom. The number of rotatable bonds is 4. The largest absolute Gasteiger partial charge is 0.494 e. The number of hydrogen-bond donors (Lipinski definition) is 1. The summed E-state index contributed by atoms with van der Waals surface area (Å²) in [5, 5.41) is 9.00. The van der Waals surface area contributed by atoms with E-state index >= 15 is 0 Å². The molecule has 1 aromatic heterocycles. The van der Waals surface area contributed by atoms with Crippen LogP contribution in [0.4, 0.5) is 0 Å². The maximum Gasteiger partial charge on any atom is 0.354 e. The molecule has 0 fully saturated rings. The number of hydrogen-bond acceptors (Lipinski definition) is 4. The quantitative estimate of drug-likeness (QED) is 0.912.